The summed E-state index contributed by atoms with van der Waals surface area (Å²) in [5, 5.41) is 3.69. The number of benzene rings is 2. The molecule has 0 fully saturated rings. The van der Waals surface area contributed by atoms with Gasteiger partial charge in [0.1, 0.15) is 5.82 Å². The van der Waals surface area contributed by atoms with Gasteiger partial charge in [0.05, 0.1) is 10.9 Å². The van der Waals surface area contributed by atoms with Crippen LogP contribution in [0.4, 0.5) is 5.69 Å². The number of fused-ring (bicyclic) bond motifs is 1. The van der Waals surface area contributed by atoms with Gasteiger partial charge in [0.15, 0.2) is 6.61 Å². The fourth-order valence-electron chi connectivity index (χ4n) is 2.79. The van der Waals surface area contributed by atoms with Gasteiger partial charge >= 0.3 is 5.97 Å². The lowest BCUT2D eigenvalue weighted by Crippen LogP contribution is -2.21. The Morgan fingerprint density at radius 1 is 1.21 bits per heavy atom. The highest BCUT2D eigenvalue weighted by atomic mass is 35.5. The van der Waals surface area contributed by atoms with Crippen LogP contribution in [0.1, 0.15) is 24.2 Å². The van der Waals surface area contributed by atoms with Gasteiger partial charge in [-0.25, -0.2) is 4.98 Å². The number of ether oxygens (including phenoxy) is 1. The number of para-hydroxylation sites is 1. The molecule has 3 aromatic rings. The number of aromatic nitrogens is 2. The molecule has 0 radical (unpaired) electrons. The SMILES string of the molecule is Cc1ccc(Cl)cc1NC(=O)COC(=O)CCCc1nc2ccccc2c(=O)[nH]1. The standard InChI is InChI=1S/C21H20ClN3O4/c1-13-9-10-14(22)11-17(13)24-19(26)12-29-20(27)8-4-7-18-23-16-6-3-2-5-15(16)21(28)25-18/h2-3,5-6,9-11H,4,7-8,12H2,1H3,(H,24,26)(H,23,25,28). The molecule has 7 nitrogen and oxygen atoms in total. The van der Waals surface area contributed by atoms with Crippen LogP contribution in [-0.2, 0) is 20.7 Å². The molecule has 0 unspecified atom stereocenters. The third-order valence-corrected chi connectivity index (χ3v) is 4.53. The van der Waals surface area contributed by atoms with Crippen molar-refractivity contribution in [2.45, 2.75) is 26.2 Å². The van der Waals surface area contributed by atoms with Gasteiger partial charge in [0, 0.05) is 23.6 Å². The minimum atomic E-state index is -0.494. The molecular formula is C21H20ClN3O4. The van der Waals surface area contributed by atoms with Gasteiger partial charge in [0.25, 0.3) is 11.5 Å². The van der Waals surface area contributed by atoms with E-state index >= 15 is 0 Å². The Kier molecular flexibility index (Phi) is 6.61. The third kappa shape index (κ3) is 5.65. The van der Waals surface area contributed by atoms with Crippen LogP contribution in [0.3, 0.4) is 0 Å². The van der Waals surface area contributed by atoms with Crippen LogP contribution in [0.2, 0.25) is 5.02 Å². The summed E-state index contributed by atoms with van der Waals surface area (Å²) in [6.45, 7) is 1.46. The zero-order valence-electron chi connectivity index (χ0n) is 15.8. The van der Waals surface area contributed by atoms with Gasteiger partial charge in [-0.1, -0.05) is 29.8 Å². The minimum absolute atomic E-state index is 0.111. The zero-order valence-corrected chi connectivity index (χ0v) is 16.6. The topological polar surface area (TPSA) is 101 Å². The molecule has 0 aliphatic carbocycles. The van der Waals surface area contributed by atoms with Gasteiger partial charge in [-0.05, 0) is 43.2 Å². The second kappa shape index (κ2) is 9.34. The summed E-state index contributed by atoms with van der Waals surface area (Å²) in [6, 6.07) is 12.2. The molecule has 8 heteroatoms. The van der Waals surface area contributed by atoms with Gasteiger partial charge in [-0.15, -0.1) is 0 Å². The number of carbonyl (C=O) groups is 2. The molecule has 1 heterocycles. The Hall–Kier alpha value is -3.19. The van der Waals surface area contributed by atoms with Crippen molar-refractivity contribution in [3.05, 3.63) is 69.2 Å². The van der Waals surface area contributed by atoms with Crippen molar-refractivity contribution in [3.63, 3.8) is 0 Å². The number of carbonyl (C=O) groups excluding carboxylic acids is 2. The number of nitrogens with one attached hydrogen (secondary N) is 2. The van der Waals surface area contributed by atoms with E-state index in [4.69, 9.17) is 16.3 Å². The average molecular weight is 414 g/mol. The Labute approximate surface area is 172 Å². The number of anilines is 1. The number of hydrogen-bond donors (Lipinski definition) is 2. The van der Waals surface area contributed by atoms with Crippen LogP contribution in [0.25, 0.3) is 10.9 Å². The van der Waals surface area contributed by atoms with E-state index in [0.29, 0.717) is 40.3 Å². The maximum atomic E-state index is 12.0. The first-order chi connectivity index (χ1) is 13.9. The highest BCUT2D eigenvalue weighted by Crippen LogP contribution is 2.20. The minimum Gasteiger partial charge on any atom is -0.456 e. The molecular weight excluding hydrogens is 394 g/mol. The van der Waals surface area contributed by atoms with Crippen LogP contribution in [-0.4, -0.2) is 28.5 Å². The fourth-order valence-corrected chi connectivity index (χ4v) is 2.96. The number of halogens is 1. The molecule has 150 valence electrons. The number of esters is 1. The van der Waals surface area contributed by atoms with Crippen molar-refractivity contribution in [2.24, 2.45) is 0 Å². The number of hydrogen-bond acceptors (Lipinski definition) is 5. The molecule has 0 saturated heterocycles. The molecule has 0 aliphatic rings. The van der Waals surface area contributed by atoms with E-state index < -0.39 is 11.9 Å². The lowest BCUT2D eigenvalue weighted by Gasteiger charge is -2.09. The van der Waals surface area contributed by atoms with Crippen molar-refractivity contribution in [1.29, 1.82) is 0 Å². The highest BCUT2D eigenvalue weighted by Gasteiger charge is 2.10. The fraction of sp³-hybridized carbons (Fsp3) is 0.238. The molecule has 2 aromatic carbocycles. The predicted molar refractivity (Wildman–Crippen MR) is 111 cm³/mol. The predicted octanol–water partition coefficient (Wildman–Crippen LogP) is 3.39. The quantitative estimate of drug-likeness (QED) is 0.578. The molecule has 0 atom stereocenters. The van der Waals surface area contributed by atoms with E-state index in [1.54, 1.807) is 36.4 Å². The smallest absolute Gasteiger partial charge is 0.306 e. The van der Waals surface area contributed by atoms with E-state index in [-0.39, 0.29) is 18.6 Å². The van der Waals surface area contributed by atoms with Crippen molar-refractivity contribution >= 4 is 40.1 Å². The van der Waals surface area contributed by atoms with Crippen molar-refractivity contribution in [1.82, 2.24) is 9.97 Å². The van der Waals surface area contributed by atoms with Crippen molar-refractivity contribution in [2.75, 3.05) is 11.9 Å². The largest absolute Gasteiger partial charge is 0.456 e. The molecule has 2 N–H and O–H groups in total. The van der Waals surface area contributed by atoms with E-state index in [1.807, 2.05) is 13.0 Å². The Balaban J connectivity index is 1.45. The zero-order chi connectivity index (χ0) is 20.8. The van der Waals surface area contributed by atoms with Crippen LogP contribution in [0.5, 0.6) is 0 Å². The Morgan fingerprint density at radius 2 is 2.00 bits per heavy atom. The molecule has 29 heavy (non-hydrogen) atoms. The maximum absolute atomic E-state index is 12.0. The molecule has 0 saturated carbocycles. The lowest BCUT2D eigenvalue weighted by atomic mass is 10.2. The Morgan fingerprint density at radius 3 is 2.83 bits per heavy atom. The average Bonchev–Trinajstić information content (AvgIpc) is 2.69. The summed E-state index contributed by atoms with van der Waals surface area (Å²) in [4.78, 5) is 43.0. The van der Waals surface area contributed by atoms with Crippen LogP contribution < -0.4 is 10.9 Å². The molecule has 0 bridgehead atoms. The number of aryl methyl sites for hydroxylation is 2. The second-order valence-corrected chi connectivity index (χ2v) is 6.99. The summed E-state index contributed by atoms with van der Waals surface area (Å²) < 4.78 is 5.00. The van der Waals surface area contributed by atoms with Crippen molar-refractivity contribution < 1.29 is 14.3 Å². The van der Waals surface area contributed by atoms with Crippen molar-refractivity contribution in [3.8, 4) is 0 Å². The molecule has 1 amide bonds. The first-order valence-electron chi connectivity index (χ1n) is 9.12. The monoisotopic (exact) mass is 413 g/mol. The van der Waals surface area contributed by atoms with Gasteiger partial charge in [0.2, 0.25) is 0 Å². The normalized spacial score (nSPS) is 10.7. The molecule has 1 aromatic heterocycles. The van der Waals surface area contributed by atoms with E-state index in [0.717, 1.165) is 5.56 Å². The Bertz CT molecular complexity index is 1110. The molecule has 0 aliphatic heterocycles. The maximum Gasteiger partial charge on any atom is 0.306 e. The highest BCUT2D eigenvalue weighted by molar-refractivity contribution is 6.31. The van der Waals surface area contributed by atoms with Crippen LogP contribution >= 0.6 is 11.6 Å². The summed E-state index contributed by atoms with van der Waals surface area (Å²) in [6.07, 6.45) is 0.970. The second-order valence-electron chi connectivity index (χ2n) is 6.55. The molecule has 0 spiro atoms. The van der Waals surface area contributed by atoms with Crippen LogP contribution in [0, 0.1) is 6.92 Å². The third-order valence-electron chi connectivity index (χ3n) is 4.29. The van der Waals surface area contributed by atoms with E-state index in [1.165, 1.54) is 0 Å². The number of amides is 1. The number of nitrogens with zero attached hydrogens (tertiary/aromatic N) is 1. The van der Waals surface area contributed by atoms with Gasteiger partial charge < -0.3 is 15.0 Å². The summed E-state index contributed by atoms with van der Waals surface area (Å²) in [7, 11) is 0. The van der Waals surface area contributed by atoms with Crippen LogP contribution in [0.15, 0.2) is 47.3 Å². The number of aromatic amines is 1. The summed E-state index contributed by atoms with van der Waals surface area (Å²) in [5.74, 6) is -0.425. The van der Waals surface area contributed by atoms with E-state index in [2.05, 4.69) is 15.3 Å². The number of H-pyrrole nitrogens is 1. The van der Waals surface area contributed by atoms with E-state index in [9.17, 15) is 14.4 Å². The first-order valence-corrected chi connectivity index (χ1v) is 9.50. The summed E-state index contributed by atoms with van der Waals surface area (Å²) in [5.41, 5.74) is 1.83. The number of rotatable bonds is 7. The van der Waals surface area contributed by atoms with Gasteiger partial charge in [-0.2, -0.15) is 0 Å². The first kappa shape index (κ1) is 20.5. The lowest BCUT2D eigenvalue weighted by molar-refractivity contribution is -0.147. The van der Waals surface area contributed by atoms with Gasteiger partial charge in [-0.3, -0.25) is 14.4 Å². The molecule has 3 rings (SSSR count). The summed E-state index contributed by atoms with van der Waals surface area (Å²) >= 11 is 5.91.